The molecule has 0 spiro atoms. The van der Waals surface area contributed by atoms with Gasteiger partial charge in [-0.25, -0.2) is 0 Å². The predicted molar refractivity (Wildman–Crippen MR) is 72.7 cm³/mol. The highest BCUT2D eigenvalue weighted by molar-refractivity contribution is 4.51. The maximum absolute atomic E-state index is 8.11. The van der Waals surface area contributed by atoms with Gasteiger partial charge in [0.2, 0.25) is 0 Å². The Morgan fingerprint density at radius 2 is 1.31 bits per heavy atom. The molecule has 1 atom stereocenters. The van der Waals surface area contributed by atoms with Gasteiger partial charge >= 0.3 is 0 Å². The number of rotatable bonds is 3. The van der Waals surface area contributed by atoms with E-state index in [0.717, 1.165) is 13.2 Å². The van der Waals surface area contributed by atoms with Crippen molar-refractivity contribution in [3.8, 4) is 0 Å². The molecule has 0 aliphatic heterocycles. The van der Waals surface area contributed by atoms with Crippen molar-refractivity contribution in [2.45, 2.75) is 40.7 Å². The van der Waals surface area contributed by atoms with E-state index in [-0.39, 0.29) is 6.61 Å². The standard InChI is InChI=1S/C4H10O.C3H8O2.2C3H6/c1-3-5-4-2;1-3(5)2-4;2*1-3-2/h3-4H2,1-2H3;3-5H,2H2,1H3;2*3H,1H2,2H3. The summed E-state index contributed by atoms with van der Waals surface area (Å²) in [5, 5.41) is 16.0. The third-order valence-electron chi connectivity index (χ3n) is 0.672. The van der Waals surface area contributed by atoms with Crippen LogP contribution < -0.4 is 0 Å². The predicted octanol–water partition coefficient (Wildman–Crippen LogP) is 2.79. The first-order chi connectivity index (χ1) is 7.51. The van der Waals surface area contributed by atoms with Crippen LogP contribution in [0.15, 0.2) is 25.3 Å². The number of aliphatic hydroxyl groups is 2. The summed E-state index contributed by atoms with van der Waals surface area (Å²) in [6.07, 6.45) is 2.94. The molecular weight excluding hydrogens is 204 g/mol. The van der Waals surface area contributed by atoms with Gasteiger partial charge in [-0.15, -0.1) is 13.2 Å². The maximum Gasteiger partial charge on any atom is 0.0742 e. The van der Waals surface area contributed by atoms with E-state index in [0.29, 0.717) is 0 Å². The molecule has 0 saturated heterocycles. The Morgan fingerprint density at radius 3 is 1.31 bits per heavy atom. The summed E-state index contributed by atoms with van der Waals surface area (Å²) in [6, 6.07) is 0. The van der Waals surface area contributed by atoms with E-state index in [2.05, 4.69) is 13.2 Å². The van der Waals surface area contributed by atoms with Crippen LogP contribution in [0, 0.1) is 0 Å². The second kappa shape index (κ2) is 36.7. The Morgan fingerprint density at radius 1 is 1.12 bits per heavy atom. The third-order valence-corrected chi connectivity index (χ3v) is 0.672. The van der Waals surface area contributed by atoms with Crippen LogP contribution in [0.25, 0.3) is 0 Å². The van der Waals surface area contributed by atoms with Crippen molar-refractivity contribution < 1.29 is 14.9 Å². The Kier molecular flexibility index (Phi) is 56.3. The van der Waals surface area contributed by atoms with E-state index in [1.165, 1.54) is 6.92 Å². The fourth-order valence-electron chi connectivity index (χ4n) is 0.204. The van der Waals surface area contributed by atoms with Crippen molar-refractivity contribution in [3.05, 3.63) is 25.3 Å². The van der Waals surface area contributed by atoms with E-state index < -0.39 is 6.10 Å². The van der Waals surface area contributed by atoms with Crippen molar-refractivity contribution >= 4 is 0 Å². The molecular formula is C13H30O3. The minimum atomic E-state index is -0.560. The van der Waals surface area contributed by atoms with Gasteiger partial charge < -0.3 is 14.9 Å². The lowest BCUT2D eigenvalue weighted by molar-refractivity contribution is 0.110. The smallest absolute Gasteiger partial charge is 0.0742 e. The minimum absolute atomic E-state index is 0.139. The van der Waals surface area contributed by atoms with Crippen molar-refractivity contribution in [1.82, 2.24) is 0 Å². The van der Waals surface area contributed by atoms with Crippen LogP contribution in [0.5, 0.6) is 0 Å². The van der Waals surface area contributed by atoms with E-state index >= 15 is 0 Å². The molecule has 0 aliphatic rings. The summed E-state index contributed by atoms with van der Waals surface area (Å²) in [5.74, 6) is 0. The highest BCUT2D eigenvalue weighted by Crippen LogP contribution is 1.68. The second-order valence-corrected chi connectivity index (χ2v) is 2.63. The Balaban J connectivity index is -0.0000000621. The first kappa shape index (κ1) is 24.5. The summed E-state index contributed by atoms with van der Waals surface area (Å²) in [5.41, 5.74) is 0. The van der Waals surface area contributed by atoms with Gasteiger partial charge in [-0.2, -0.15) is 0 Å². The molecule has 100 valence electrons. The van der Waals surface area contributed by atoms with Gasteiger partial charge in [-0.05, 0) is 34.6 Å². The lowest BCUT2D eigenvalue weighted by Crippen LogP contribution is -2.03. The molecule has 2 N–H and O–H groups in total. The normalized spacial score (nSPS) is 8.94. The Bertz CT molecular complexity index is 93.4. The van der Waals surface area contributed by atoms with E-state index in [1.807, 2.05) is 27.7 Å². The van der Waals surface area contributed by atoms with Gasteiger partial charge in [0.05, 0.1) is 12.7 Å². The fraction of sp³-hybridized carbons (Fsp3) is 0.692. The van der Waals surface area contributed by atoms with Gasteiger partial charge in [0.1, 0.15) is 0 Å². The molecule has 0 amide bonds. The SMILES string of the molecule is C=CC.C=CC.CC(O)CO.CCOCC. The molecule has 0 fully saturated rings. The van der Waals surface area contributed by atoms with Crippen LogP contribution in [0.3, 0.4) is 0 Å². The molecule has 1 unspecified atom stereocenters. The maximum atomic E-state index is 8.11. The molecule has 3 heteroatoms. The quantitative estimate of drug-likeness (QED) is 0.738. The Labute approximate surface area is 101 Å². The molecule has 0 bridgehead atoms. The zero-order valence-electron chi connectivity index (χ0n) is 11.6. The minimum Gasteiger partial charge on any atom is -0.394 e. The third kappa shape index (κ3) is 181. The van der Waals surface area contributed by atoms with Crippen molar-refractivity contribution in [3.63, 3.8) is 0 Å². The molecule has 0 heterocycles. The fourth-order valence-corrected chi connectivity index (χ4v) is 0.204. The lowest BCUT2D eigenvalue weighted by atomic mass is 10.5. The van der Waals surface area contributed by atoms with Gasteiger partial charge in [0, 0.05) is 13.2 Å². The molecule has 16 heavy (non-hydrogen) atoms. The summed E-state index contributed by atoms with van der Waals surface area (Å²) in [4.78, 5) is 0. The first-order valence-corrected chi connectivity index (χ1v) is 5.52. The molecule has 0 saturated carbocycles. The number of hydrogen-bond acceptors (Lipinski definition) is 3. The largest absolute Gasteiger partial charge is 0.394 e. The summed E-state index contributed by atoms with van der Waals surface area (Å²) in [6.45, 7) is 17.6. The Hall–Kier alpha value is -0.640. The molecule has 0 radical (unpaired) electrons. The van der Waals surface area contributed by atoms with E-state index in [1.54, 1.807) is 12.2 Å². The van der Waals surface area contributed by atoms with Crippen LogP contribution in [0.2, 0.25) is 0 Å². The first-order valence-electron chi connectivity index (χ1n) is 5.52. The van der Waals surface area contributed by atoms with Crippen molar-refractivity contribution in [2.75, 3.05) is 19.8 Å². The van der Waals surface area contributed by atoms with Crippen LogP contribution in [-0.2, 0) is 4.74 Å². The number of aliphatic hydroxyl groups excluding tert-OH is 2. The average molecular weight is 234 g/mol. The van der Waals surface area contributed by atoms with Crippen LogP contribution >= 0.6 is 0 Å². The van der Waals surface area contributed by atoms with Gasteiger partial charge in [-0.3, -0.25) is 0 Å². The topological polar surface area (TPSA) is 49.7 Å². The van der Waals surface area contributed by atoms with Crippen molar-refractivity contribution in [1.29, 1.82) is 0 Å². The molecule has 3 nitrogen and oxygen atoms in total. The molecule has 0 rings (SSSR count). The zero-order chi connectivity index (χ0) is 13.8. The van der Waals surface area contributed by atoms with Crippen LogP contribution in [-0.4, -0.2) is 36.1 Å². The summed E-state index contributed by atoms with van der Waals surface area (Å²) < 4.78 is 4.83. The van der Waals surface area contributed by atoms with Gasteiger partial charge in [0.25, 0.3) is 0 Å². The second-order valence-electron chi connectivity index (χ2n) is 2.63. The zero-order valence-corrected chi connectivity index (χ0v) is 11.6. The van der Waals surface area contributed by atoms with Crippen LogP contribution in [0.4, 0.5) is 0 Å². The number of ether oxygens (including phenoxy) is 1. The summed E-state index contributed by atoms with van der Waals surface area (Å²) >= 11 is 0. The van der Waals surface area contributed by atoms with E-state index in [9.17, 15) is 0 Å². The summed E-state index contributed by atoms with van der Waals surface area (Å²) in [7, 11) is 0. The molecule has 0 aromatic heterocycles. The van der Waals surface area contributed by atoms with Gasteiger partial charge in [-0.1, -0.05) is 12.2 Å². The molecule has 0 aliphatic carbocycles. The average Bonchev–Trinajstić information content (AvgIpc) is 2.22. The molecule has 0 aromatic rings. The lowest BCUT2D eigenvalue weighted by Gasteiger charge is -1.90. The monoisotopic (exact) mass is 234 g/mol. The van der Waals surface area contributed by atoms with Crippen LogP contribution in [0.1, 0.15) is 34.6 Å². The molecule has 0 aromatic carbocycles. The van der Waals surface area contributed by atoms with Gasteiger partial charge in [0.15, 0.2) is 0 Å². The van der Waals surface area contributed by atoms with E-state index in [4.69, 9.17) is 14.9 Å². The highest BCUT2D eigenvalue weighted by Gasteiger charge is 1.83. The van der Waals surface area contributed by atoms with Crippen molar-refractivity contribution in [2.24, 2.45) is 0 Å². The number of allylic oxidation sites excluding steroid dienone is 2. The highest BCUT2D eigenvalue weighted by atomic mass is 16.5. The number of hydrogen-bond donors (Lipinski definition) is 2.